The highest BCUT2D eigenvalue weighted by atomic mass is 16.2. The molecule has 1 atom stereocenters. The summed E-state index contributed by atoms with van der Waals surface area (Å²) in [6, 6.07) is 28.9. The maximum absolute atomic E-state index is 14.0. The van der Waals surface area contributed by atoms with Crippen molar-refractivity contribution in [2.24, 2.45) is 5.92 Å². The summed E-state index contributed by atoms with van der Waals surface area (Å²) in [7, 11) is 0. The Morgan fingerprint density at radius 2 is 1.60 bits per heavy atom. The van der Waals surface area contributed by atoms with Crippen LogP contribution in [0.2, 0.25) is 0 Å². The van der Waals surface area contributed by atoms with Gasteiger partial charge in [-0.1, -0.05) is 74.9 Å². The van der Waals surface area contributed by atoms with Gasteiger partial charge in [0.1, 0.15) is 11.5 Å². The lowest BCUT2D eigenvalue weighted by atomic mass is 9.77. The molecule has 0 saturated carbocycles. The Hall–Kier alpha value is -4.82. The SMILES string of the molecule is Cc1ccc(-n2nc(C(C)(C)C)cc2NC(=O)Nc2ccc(C(C(=O)c3ccc4ccccc4n3)C3CCNCC3)cc2)cc1. The number of pyridine rings is 1. The van der Waals surface area contributed by atoms with E-state index in [9.17, 15) is 9.59 Å². The number of benzene rings is 3. The number of nitrogens with one attached hydrogen (secondary N) is 3. The monoisotopic (exact) mass is 600 g/mol. The Kier molecular flexibility index (Phi) is 8.50. The number of amides is 2. The summed E-state index contributed by atoms with van der Waals surface area (Å²) in [5.41, 5.74) is 5.56. The Bertz CT molecular complexity index is 1810. The molecule has 1 aliphatic heterocycles. The van der Waals surface area contributed by atoms with E-state index in [-0.39, 0.29) is 29.1 Å². The van der Waals surface area contributed by atoms with Gasteiger partial charge in [-0.05, 0) is 80.7 Å². The van der Waals surface area contributed by atoms with Crippen molar-refractivity contribution in [2.75, 3.05) is 23.7 Å². The minimum atomic E-state index is -0.372. The van der Waals surface area contributed by atoms with Crippen LogP contribution in [0, 0.1) is 12.8 Å². The van der Waals surface area contributed by atoms with Crippen molar-refractivity contribution in [3.8, 4) is 5.69 Å². The lowest BCUT2D eigenvalue weighted by molar-refractivity contribution is 0.0911. The zero-order valence-corrected chi connectivity index (χ0v) is 26.3. The van der Waals surface area contributed by atoms with Crippen LogP contribution >= 0.6 is 0 Å². The summed E-state index contributed by atoms with van der Waals surface area (Å²) < 4.78 is 1.76. The Labute approximate surface area is 264 Å². The van der Waals surface area contributed by atoms with Crippen LogP contribution in [0.1, 0.15) is 66.8 Å². The molecular formula is C37H40N6O2. The Morgan fingerprint density at radius 1 is 0.889 bits per heavy atom. The van der Waals surface area contributed by atoms with E-state index in [1.807, 2.05) is 97.9 Å². The highest BCUT2D eigenvalue weighted by Gasteiger charge is 2.32. The van der Waals surface area contributed by atoms with Crippen LogP contribution in [0.3, 0.4) is 0 Å². The zero-order valence-electron chi connectivity index (χ0n) is 26.3. The number of urea groups is 1. The van der Waals surface area contributed by atoms with Crippen LogP contribution in [0.5, 0.6) is 0 Å². The van der Waals surface area contributed by atoms with Gasteiger partial charge < -0.3 is 10.6 Å². The average molecular weight is 601 g/mol. The molecule has 5 aromatic rings. The molecule has 3 heterocycles. The first-order valence-corrected chi connectivity index (χ1v) is 15.6. The molecule has 8 heteroatoms. The second-order valence-corrected chi connectivity index (χ2v) is 12.9. The van der Waals surface area contributed by atoms with Gasteiger partial charge in [0.25, 0.3) is 0 Å². The van der Waals surface area contributed by atoms with Gasteiger partial charge in [0, 0.05) is 22.6 Å². The summed E-state index contributed by atoms with van der Waals surface area (Å²) >= 11 is 0. The maximum Gasteiger partial charge on any atom is 0.324 e. The number of aromatic nitrogens is 3. The molecule has 0 radical (unpaired) electrons. The fourth-order valence-corrected chi connectivity index (χ4v) is 5.95. The number of ketones is 1. The number of carbonyl (C=O) groups is 2. The topological polar surface area (TPSA) is 101 Å². The van der Waals surface area contributed by atoms with E-state index in [1.165, 1.54) is 0 Å². The number of piperidine rings is 1. The molecule has 3 N–H and O–H groups in total. The van der Waals surface area contributed by atoms with Crippen molar-refractivity contribution in [1.29, 1.82) is 0 Å². The van der Waals surface area contributed by atoms with Gasteiger partial charge in [-0.2, -0.15) is 5.10 Å². The van der Waals surface area contributed by atoms with Crippen LogP contribution in [0.15, 0.2) is 91.0 Å². The molecule has 8 nitrogen and oxygen atoms in total. The number of para-hydroxylation sites is 1. The van der Waals surface area contributed by atoms with E-state index in [0.29, 0.717) is 17.2 Å². The predicted molar refractivity (Wildman–Crippen MR) is 180 cm³/mol. The molecular weight excluding hydrogens is 560 g/mol. The molecule has 3 aromatic carbocycles. The van der Waals surface area contributed by atoms with Gasteiger partial charge in [-0.15, -0.1) is 0 Å². The second kappa shape index (κ2) is 12.7. The van der Waals surface area contributed by atoms with Crippen LogP contribution < -0.4 is 16.0 Å². The molecule has 1 saturated heterocycles. The van der Waals surface area contributed by atoms with Gasteiger partial charge >= 0.3 is 6.03 Å². The lowest BCUT2D eigenvalue weighted by Crippen LogP contribution is -2.34. The van der Waals surface area contributed by atoms with E-state index >= 15 is 0 Å². The molecule has 45 heavy (non-hydrogen) atoms. The van der Waals surface area contributed by atoms with E-state index in [4.69, 9.17) is 10.1 Å². The van der Waals surface area contributed by atoms with Gasteiger partial charge in [-0.3, -0.25) is 10.1 Å². The fraction of sp³-hybridized carbons (Fsp3) is 0.297. The highest BCUT2D eigenvalue weighted by molar-refractivity contribution is 6.02. The lowest BCUT2D eigenvalue weighted by Gasteiger charge is -2.30. The molecule has 0 spiro atoms. The summed E-state index contributed by atoms with van der Waals surface area (Å²) in [6.07, 6.45) is 1.83. The number of nitrogens with zero attached hydrogens (tertiary/aromatic N) is 3. The van der Waals surface area contributed by atoms with Crippen LogP contribution in [-0.4, -0.2) is 39.7 Å². The average Bonchev–Trinajstić information content (AvgIpc) is 3.47. The fourth-order valence-electron chi connectivity index (χ4n) is 5.95. The van der Waals surface area contributed by atoms with Crippen LogP contribution in [0.4, 0.5) is 16.3 Å². The molecule has 0 aliphatic carbocycles. The number of aryl methyl sites for hydroxylation is 1. The van der Waals surface area contributed by atoms with Gasteiger partial charge in [0.2, 0.25) is 0 Å². The quantitative estimate of drug-likeness (QED) is 0.167. The standard InChI is InChI=1S/C37H40N6O2/c1-24-9-16-29(17-10-24)43-33(23-32(42-43)37(2,3)4)41-36(45)39-28-14-11-26(12-15-28)34(27-19-21-38-22-20-27)35(44)31-18-13-25-7-5-6-8-30(25)40-31/h5-18,23,27,34,38H,19-22H2,1-4H3,(H2,39,41,45). The van der Waals surface area contributed by atoms with Gasteiger partial charge in [0.15, 0.2) is 5.78 Å². The van der Waals surface area contributed by atoms with E-state index < -0.39 is 0 Å². The zero-order chi connectivity index (χ0) is 31.6. The Morgan fingerprint density at radius 3 is 2.31 bits per heavy atom. The summed E-state index contributed by atoms with van der Waals surface area (Å²) in [4.78, 5) is 32.0. The first-order valence-electron chi connectivity index (χ1n) is 15.6. The summed E-state index contributed by atoms with van der Waals surface area (Å²) in [5, 5.41) is 15.2. The minimum Gasteiger partial charge on any atom is -0.317 e. The molecule has 0 bridgehead atoms. The van der Waals surface area contributed by atoms with Gasteiger partial charge in [-0.25, -0.2) is 14.5 Å². The Balaban J connectivity index is 1.22. The molecule has 230 valence electrons. The number of hydrogen-bond donors (Lipinski definition) is 3. The maximum atomic E-state index is 14.0. The molecule has 2 amide bonds. The molecule has 1 fully saturated rings. The van der Waals surface area contributed by atoms with E-state index in [0.717, 1.165) is 59.3 Å². The number of fused-ring (bicyclic) bond motifs is 1. The largest absolute Gasteiger partial charge is 0.324 e. The summed E-state index contributed by atoms with van der Waals surface area (Å²) in [6.45, 7) is 10.1. The van der Waals surface area contributed by atoms with E-state index in [1.54, 1.807) is 4.68 Å². The number of rotatable bonds is 7. The van der Waals surface area contributed by atoms with Crippen molar-refractivity contribution in [1.82, 2.24) is 20.1 Å². The van der Waals surface area contributed by atoms with Crippen molar-refractivity contribution >= 4 is 34.2 Å². The second-order valence-electron chi connectivity index (χ2n) is 12.9. The third-order valence-corrected chi connectivity index (χ3v) is 8.51. The first-order chi connectivity index (χ1) is 21.7. The first kappa shape index (κ1) is 30.2. The third-order valence-electron chi connectivity index (χ3n) is 8.51. The minimum absolute atomic E-state index is 0.0325. The highest BCUT2D eigenvalue weighted by Crippen LogP contribution is 2.35. The number of carbonyl (C=O) groups excluding carboxylic acids is 2. The normalized spacial score (nSPS) is 14.7. The molecule has 2 aromatic heterocycles. The van der Waals surface area contributed by atoms with Crippen LogP contribution in [-0.2, 0) is 5.41 Å². The number of hydrogen-bond acceptors (Lipinski definition) is 5. The van der Waals surface area contributed by atoms with E-state index in [2.05, 4.69) is 36.7 Å². The van der Waals surface area contributed by atoms with Gasteiger partial charge in [0.05, 0.1) is 22.8 Å². The summed E-state index contributed by atoms with van der Waals surface area (Å²) in [5.74, 6) is 0.499. The third kappa shape index (κ3) is 6.81. The van der Waals surface area contributed by atoms with Crippen LogP contribution in [0.25, 0.3) is 16.6 Å². The molecule has 1 unspecified atom stereocenters. The number of Topliss-reactive ketones (excluding diaryl/α,β-unsaturated/α-hetero) is 1. The van der Waals surface area contributed by atoms with Crippen molar-refractivity contribution in [3.63, 3.8) is 0 Å². The van der Waals surface area contributed by atoms with Crippen molar-refractivity contribution < 1.29 is 9.59 Å². The predicted octanol–water partition coefficient (Wildman–Crippen LogP) is 7.64. The smallest absolute Gasteiger partial charge is 0.317 e. The number of anilines is 2. The molecule has 6 rings (SSSR count). The van der Waals surface area contributed by atoms with Crippen molar-refractivity contribution in [3.05, 3.63) is 114 Å². The van der Waals surface area contributed by atoms with Crippen molar-refractivity contribution in [2.45, 2.75) is 51.9 Å². The molecule has 1 aliphatic rings.